The highest BCUT2D eigenvalue weighted by atomic mass is 32.2. The Bertz CT molecular complexity index is 558. The van der Waals surface area contributed by atoms with Crippen LogP contribution in [0.5, 0.6) is 0 Å². The van der Waals surface area contributed by atoms with Gasteiger partial charge < -0.3 is 5.32 Å². The van der Waals surface area contributed by atoms with Gasteiger partial charge in [0.1, 0.15) is 10.0 Å². The molecule has 0 radical (unpaired) electrons. The summed E-state index contributed by atoms with van der Waals surface area (Å²) in [5.74, 6) is 0.754. The minimum absolute atomic E-state index is 0.116. The average molecular weight is 295 g/mol. The lowest BCUT2D eigenvalue weighted by Crippen LogP contribution is -2.01. The van der Waals surface area contributed by atoms with Gasteiger partial charge in [-0.25, -0.2) is 4.98 Å². The third-order valence-electron chi connectivity index (χ3n) is 2.40. The highest BCUT2D eigenvalue weighted by Gasteiger charge is 2.13. The number of thiazole rings is 1. The molecular formula is C12H13N3O2S2. The van der Waals surface area contributed by atoms with Gasteiger partial charge in [0.25, 0.3) is 5.69 Å². The molecule has 0 bridgehead atoms. The minimum atomic E-state index is -0.365. The van der Waals surface area contributed by atoms with Crippen LogP contribution in [0, 0.1) is 10.1 Å². The molecule has 0 amide bonds. The van der Waals surface area contributed by atoms with Crippen LogP contribution in [0.4, 0.5) is 11.4 Å². The number of rotatable bonds is 6. The van der Waals surface area contributed by atoms with Crippen LogP contribution in [0.2, 0.25) is 0 Å². The molecule has 19 heavy (non-hydrogen) atoms. The molecule has 1 aromatic heterocycles. The zero-order chi connectivity index (χ0) is 13.7. The zero-order valence-corrected chi connectivity index (χ0v) is 12.0. The topological polar surface area (TPSA) is 68.1 Å². The van der Waals surface area contributed by atoms with Crippen LogP contribution in [-0.2, 0) is 5.75 Å². The van der Waals surface area contributed by atoms with Crippen molar-refractivity contribution in [2.24, 2.45) is 0 Å². The van der Waals surface area contributed by atoms with Crippen LogP contribution < -0.4 is 5.32 Å². The first kappa shape index (κ1) is 13.8. The molecule has 1 heterocycles. The van der Waals surface area contributed by atoms with Gasteiger partial charge in [0.2, 0.25) is 0 Å². The largest absolute Gasteiger partial charge is 0.380 e. The monoisotopic (exact) mass is 295 g/mol. The van der Waals surface area contributed by atoms with E-state index in [2.05, 4.69) is 10.3 Å². The molecule has 0 saturated heterocycles. The second-order valence-corrected chi connectivity index (χ2v) is 5.84. The number of benzene rings is 1. The Morgan fingerprint density at radius 1 is 1.53 bits per heavy atom. The van der Waals surface area contributed by atoms with Gasteiger partial charge in [0, 0.05) is 29.9 Å². The average Bonchev–Trinajstić information content (AvgIpc) is 2.90. The van der Waals surface area contributed by atoms with E-state index >= 15 is 0 Å². The Balaban J connectivity index is 2.13. The van der Waals surface area contributed by atoms with Crippen molar-refractivity contribution in [1.82, 2.24) is 4.98 Å². The maximum absolute atomic E-state index is 10.9. The van der Waals surface area contributed by atoms with Crippen molar-refractivity contribution >= 4 is 34.5 Å². The number of hydrogen-bond acceptors (Lipinski definition) is 6. The number of aromatic nitrogens is 1. The Morgan fingerprint density at radius 2 is 2.37 bits per heavy atom. The first-order valence-corrected chi connectivity index (χ1v) is 7.60. The summed E-state index contributed by atoms with van der Waals surface area (Å²) in [7, 11) is 0. The van der Waals surface area contributed by atoms with Crippen LogP contribution in [0.25, 0.3) is 0 Å². The van der Waals surface area contributed by atoms with Crippen LogP contribution >= 0.6 is 23.1 Å². The lowest BCUT2D eigenvalue weighted by atomic mass is 10.2. The molecular weight excluding hydrogens is 282 g/mol. The summed E-state index contributed by atoms with van der Waals surface area (Å²) < 4.78 is 1.00. The van der Waals surface area contributed by atoms with Gasteiger partial charge in [-0.3, -0.25) is 10.1 Å². The lowest BCUT2D eigenvalue weighted by Gasteiger charge is -2.07. The number of hydrogen-bond donors (Lipinski definition) is 1. The van der Waals surface area contributed by atoms with Crippen molar-refractivity contribution < 1.29 is 4.92 Å². The molecule has 1 N–H and O–H groups in total. The fourth-order valence-electron chi connectivity index (χ4n) is 1.59. The normalized spacial score (nSPS) is 10.4. The van der Waals surface area contributed by atoms with Crippen LogP contribution in [-0.4, -0.2) is 16.5 Å². The Kier molecular flexibility index (Phi) is 4.75. The van der Waals surface area contributed by atoms with E-state index in [4.69, 9.17) is 0 Å². The lowest BCUT2D eigenvalue weighted by molar-refractivity contribution is -0.384. The van der Waals surface area contributed by atoms with E-state index in [1.165, 1.54) is 0 Å². The first-order chi connectivity index (χ1) is 9.20. The number of nitro benzene ring substituents is 1. The zero-order valence-electron chi connectivity index (χ0n) is 10.3. The van der Waals surface area contributed by atoms with Crippen molar-refractivity contribution in [3.05, 3.63) is 45.5 Å². The van der Waals surface area contributed by atoms with Crippen molar-refractivity contribution in [2.45, 2.75) is 17.0 Å². The standard InChI is InChI=1S/C12H13N3O2S2/c1-2-13-10-7-9(3-4-11(10)15(16)17)8-19-12-14-5-6-18-12/h3-7,13H,2,8H2,1H3. The summed E-state index contributed by atoms with van der Waals surface area (Å²) in [6.07, 6.45) is 1.77. The third-order valence-corrected chi connectivity index (χ3v) is 4.43. The van der Waals surface area contributed by atoms with Crippen LogP contribution in [0.3, 0.4) is 0 Å². The van der Waals surface area contributed by atoms with E-state index in [-0.39, 0.29) is 10.6 Å². The van der Waals surface area contributed by atoms with E-state index < -0.39 is 0 Å². The quantitative estimate of drug-likeness (QED) is 0.499. The number of nitrogens with zero attached hydrogens (tertiary/aromatic N) is 2. The summed E-state index contributed by atoms with van der Waals surface area (Å²) >= 11 is 3.22. The Hall–Kier alpha value is -1.60. The molecule has 0 spiro atoms. The number of thioether (sulfide) groups is 1. The summed E-state index contributed by atoms with van der Waals surface area (Å²) in [6, 6.07) is 5.18. The molecule has 1 aromatic carbocycles. The van der Waals surface area contributed by atoms with Crippen molar-refractivity contribution in [2.75, 3.05) is 11.9 Å². The first-order valence-electron chi connectivity index (χ1n) is 5.74. The molecule has 7 heteroatoms. The second kappa shape index (κ2) is 6.53. The SMILES string of the molecule is CCNc1cc(CSc2nccs2)ccc1[N+](=O)[O-]. The molecule has 2 aromatic rings. The maximum atomic E-state index is 10.9. The highest BCUT2D eigenvalue weighted by molar-refractivity contribution is 8.00. The number of anilines is 1. The van der Waals surface area contributed by atoms with Crippen molar-refractivity contribution in [3.8, 4) is 0 Å². The van der Waals surface area contributed by atoms with Crippen molar-refractivity contribution in [1.29, 1.82) is 0 Å². The molecule has 0 saturated carbocycles. The predicted octanol–water partition coefficient (Wildman–Crippen LogP) is 3.78. The molecule has 2 rings (SSSR count). The van der Waals surface area contributed by atoms with Crippen LogP contribution in [0.1, 0.15) is 12.5 Å². The number of nitro groups is 1. The summed E-state index contributed by atoms with van der Waals surface area (Å²) in [5.41, 5.74) is 1.73. The van der Waals surface area contributed by atoms with Gasteiger partial charge in [0.05, 0.1) is 4.92 Å². The van der Waals surface area contributed by atoms with Gasteiger partial charge in [-0.15, -0.1) is 11.3 Å². The van der Waals surface area contributed by atoms with Crippen molar-refractivity contribution in [3.63, 3.8) is 0 Å². The van der Waals surface area contributed by atoms with E-state index in [1.807, 2.05) is 18.4 Å². The van der Waals surface area contributed by atoms with Gasteiger partial charge in [-0.1, -0.05) is 17.8 Å². The molecule has 0 unspecified atom stereocenters. The summed E-state index contributed by atoms with van der Waals surface area (Å²) in [4.78, 5) is 14.7. The van der Waals surface area contributed by atoms with E-state index in [1.54, 1.807) is 41.4 Å². The summed E-state index contributed by atoms with van der Waals surface area (Å²) in [6.45, 7) is 2.57. The molecule has 0 atom stereocenters. The fourth-order valence-corrected chi connectivity index (χ4v) is 3.17. The molecule has 0 aliphatic heterocycles. The molecule has 0 aliphatic carbocycles. The van der Waals surface area contributed by atoms with E-state index in [9.17, 15) is 10.1 Å². The molecule has 100 valence electrons. The van der Waals surface area contributed by atoms with Gasteiger partial charge in [0.15, 0.2) is 0 Å². The molecule has 5 nitrogen and oxygen atoms in total. The summed E-state index contributed by atoms with van der Waals surface area (Å²) in [5, 5.41) is 15.9. The van der Waals surface area contributed by atoms with Gasteiger partial charge in [-0.05, 0) is 18.6 Å². The Morgan fingerprint density at radius 3 is 3.00 bits per heavy atom. The molecule has 0 fully saturated rings. The smallest absolute Gasteiger partial charge is 0.292 e. The highest BCUT2D eigenvalue weighted by Crippen LogP contribution is 2.29. The number of nitrogens with one attached hydrogen (secondary N) is 1. The fraction of sp³-hybridized carbons (Fsp3) is 0.250. The second-order valence-electron chi connectivity index (χ2n) is 3.73. The van der Waals surface area contributed by atoms with Gasteiger partial charge in [-0.2, -0.15) is 0 Å². The van der Waals surface area contributed by atoms with E-state index in [0.717, 1.165) is 15.7 Å². The van der Waals surface area contributed by atoms with Crippen LogP contribution in [0.15, 0.2) is 34.1 Å². The molecule has 0 aliphatic rings. The third kappa shape index (κ3) is 3.68. The minimum Gasteiger partial charge on any atom is -0.380 e. The Labute approximate surface area is 119 Å². The van der Waals surface area contributed by atoms with E-state index in [0.29, 0.717) is 12.2 Å². The maximum Gasteiger partial charge on any atom is 0.292 e. The van der Waals surface area contributed by atoms with Gasteiger partial charge >= 0.3 is 0 Å². The predicted molar refractivity (Wildman–Crippen MR) is 78.9 cm³/mol.